The molecule has 1 unspecified atom stereocenters. The number of ether oxygens (including phenoxy) is 2. The number of nitrogens with one attached hydrogen (secondary N) is 1. The Hall–Kier alpha value is -2.64. The number of nitrogens with zero attached hydrogens (tertiary/aromatic N) is 1. The number of hydrogen-bond acceptors (Lipinski definition) is 5. The number of hydrogen-bond donors (Lipinski definition) is 1. The summed E-state index contributed by atoms with van der Waals surface area (Å²) in [6.45, 7) is 2.29. The van der Waals surface area contributed by atoms with Crippen LogP contribution in [-0.4, -0.2) is 54.8 Å². The molecular formula is C21H24N2O5. The first kappa shape index (κ1) is 18.7. The highest BCUT2D eigenvalue weighted by Gasteiger charge is 2.41. The van der Waals surface area contributed by atoms with E-state index in [2.05, 4.69) is 5.32 Å². The van der Waals surface area contributed by atoms with Crippen LogP contribution in [0.4, 0.5) is 0 Å². The Bertz CT molecular complexity index is 789. The molecule has 2 fully saturated rings. The van der Waals surface area contributed by atoms with Crippen molar-refractivity contribution in [3.05, 3.63) is 60.1 Å². The number of rotatable bonds is 5. The van der Waals surface area contributed by atoms with Crippen LogP contribution in [0.15, 0.2) is 53.1 Å². The molecule has 1 aromatic heterocycles. The minimum atomic E-state index is -0.667. The van der Waals surface area contributed by atoms with Gasteiger partial charge in [0.05, 0.1) is 19.5 Å². The maximum Gasteiger partial charge on any atom is 0.287 e. The Morgan fingerprint density at radius 1 is 1.04 bits per heavy atom. The number of carbonyl (C=O) groups excluding carboxylic acids is 2. The fraction of sp³-hybridized carbons (Fsp3) is 0.429. The molecule has 1 spiro atoms. The van der Waals surface area contributed by atoms with Crippen molar-refractivity contribution in [2.75, 3.05) is 26.3 Å². The van der Waals surface area contributed by atoms with Gasteiger partial charge >= 0.3 is 0 Å². The molecule has 2 aromatic rings. The van der Waals surface area contributed by atoms with E-state index in [1.165, 1.54) is 6.26 Å². The van der Waals surface area contributed by atoms with E-state index in [4.69, 9.17) is 13.9 Å². The van der Waals surface area contributed by atoms with Crippen molar-refractivity contribution in [3.63, 3.8) is 0 Å². The van der Waals surface area contributed by atoms with Crippen LogP contribution in [0.2, 0.25) is 0 Å². The second-order valence-corrected chi connectivity index (χ2v) is 7.13. The fourth-order valence-corrected chi connectivity index (χ4v) is 3.76. The molecule has 2 amide bonds. The Balaban J connectivity index is 1.46. The second-order valence-electron chi connectivity index (χ2n) is 7.13. The van der Waals surface area contributed by atoms with Gasteiger partial charge in [-0.05, 0) is 17.7 Å². The molecule has 28 heavy (non-hydrogen) atoms. The molecule has 4 rings (SSSR count). The number of piperidine rings is 1. The van der Waals surface area contributed by atoms with E-state index in [-0.39, 0.29) is 11.7 Å². The summed E-state index contributed by atoms with van der Waals surface area (Å²) in [5.41, 5.74) is 0.983. The molecule has 1 atom stereocenters. The minimum Gasteiger partial charge on any atom is -0.459 e. The molecule has 0 aliphatic carbocycles. The van der Waals surface area contributed by atoms with Crippen molar-refractivity contribution in [2.45, 2.75) is 31.1 Å². The van der Waals surface area contributed by atoms with Crippen LogP contribution in [-0.2, 0) is 20.7 Å². The lowest BCUT2D eigenvalue weighted by Gasteiger charge is -2.38. The standard InChI is InChI=1S/C21H24N2O5/c24-19(18-7-4-12-26-18)22-17(15-16-5-2-1-3-6-16)20(25)23-10-8-21(9-11-23)27-13-14-28-21/h1-7,12,17H,8-11,13-15H2,(H,22,24). The largest absolute Gasteiger partial charge is 0.459 e. The van der Waals surface area contributed by atoms with Crippen LogP contribution in [0, 0.1) is 0 Å². The Labute approximate surface area is 163 Å². The van der Waals surface area contributed by atoms with E-state index in [0.717, 1.165) is 5.56 Å². The highest BCUT2D eigenvalue weighted by Crippen LogP contribution is 2.31. The van der Waals surface area contributed by atoms with Crippen LogP contribution in [0.3, 0.4) is 0 Å². The molecule has 2 aliphatic rings. The van der Waals surface area contributed by atoms with Crippen LogP contribution in [0.5, 0.6) is 0 Å². The third kappa shape index (κ3) is 4.10. The van der Waals surface area contributed by atoms with Crippen molar-refractivity contribution < 1.29 is 23.5 Å². The smallest absolute Gasteiger partial charge is 0.287 e. The van der Waals surface area contributed by atoms with Crippen LogP contribution in [0.1, 0.15) is 29.0 Å². The van der Waals surface area contributed by atoms with Gasteiger partial charge in [-0.3, -0.25) is 9.59 Å². The van der Waals surface area contributed by atoms with Gasteiger partial charge in [-0.2, -0.15) is 0 Å². The highest BCUT2D eigenvalue weighted by atomic mass is 16.7. The van der Waals surface area contributed by atoms with Gasteiger partial charge in [0.25, 0.3) is 5.91 Å². The molecular weight excluding hydrogens is 360 g/mol. The van der Waals surface area contributed by atoms with Crippen molar-refractivity contribution in [1.82, 2.24) is 10.2 Å². The first-order valence-electron chi connectivity index (χ1n) is 9.60. The summed E-state index contributed by atoms with van der Waals surface area (Å²) in [6, 6.07) is 12.2. The third-order valence-corrected chi connectivity index (χ3v) is 5.28. The number of likely N-dealkylation sites (tertiary alicyclic amines) is 1. The summed E-state index contributed by atoms with van der Waals surface area (Å²) in [5.74, 6) is -0.841. The highest BCUT2D eigenvalue weighted by molar-refractivity contribution is 5.95. The van der Waals surface area contributed by atoms with Crippen LogP contribution in [0.25, 0.3) is 0 Å². The van der Waals surface area contributed by atoms with Crippen LogP contribution < -0.4 is 5.32 Å². The van der Waals surface area contributed by atoms with E-state index in [1.54, 1.807) is 17.0 Å². The average Bonchev–Trinajstić information content (AvgIpc) is 3.41. The first-order chi connectivity index (χ1) is 13.7. The Kier molecular flexibility index (Phi) is 5.45. The molecule has 7 nitrogen and oxygen atoms in total. The zero-order valence-corrected chi connectivity index (χ0v) is 15.6. The molecule has 1 N–H and O–H groups in total. The summed E-state index contributed by atoms with van der Waals surface area (Å²) in [5, 5.41) is 2.84. The number of furan rings is 1. The molecule has 2 aliphatic heterocycles. The monoisotopic (exact) mass is 384 g/mol. The number of carbonyl (C=O) groups is 2. The quantitative estimate of drug-likeness (QED) is 0.853. The fourth-order valence-electron chi connectivity index (χ4n) is 3.76. The Morgan fingerprint density at radius 2 is 1.75 bits per heavy atom. The molecule has 148 valence electrons. The molecule has 1 aromatic carbocycles. The predicted octanol–water partition coefficient (Wildman–Crippen LogP) is 1.99. The summed E-state index contributed by atoms with van der Waals surface area (Å²) >= 11 is 0. The summed E-state index contributed by atoms with van der Waals surface area (Å²) in [4.78, 5) is 27.5. The van der Waals surface area contributed by atoms with Gasteiger partial charge in [0.2, 0.25) is 5.91 Å². The third-order valence-electron chi connectivity index (χ3n) is 5.28. The van der Waals surface area contributed by atoms with E-state index >= 15 is 0 Å². The van der Waals surface area contributed by atoms with Gasteiger partial charge in [-0.1, -0.05) is 30.3 Å². The molecule has 0 saturated carbocycles. The summed E-state index contributed by atoms with van der Waals surface area (Å²) in [7, 11) is 0. The SMILES string of the molecule is O=C(NC(Cc1ccccc1)C(=O)N1CCC2(CC1)OCCO2)c1ccco1. The van der Waals surface area contributed by atoms with Crippen molar-refractivity contribution in [3.8, 4) is 0 Å². The number of benzene rings is 1. The normalized spacial score (nSPS) is 19.5. The van der Waals surface area contributed by atoms with Crippen molar-refractivity contribution >= 4 is 11.8 Å². The molecule has 2 saturated heterocycles. The molecule has 3 heterocycles. The van der Waals surface area contributed by atoms with E-state index in [9.17, 15) is 9.59 Å². The van der Waals surface area contributed by atoms with Crippen LogP contribution >= 0.6 is 0 Å². The first-order valence-corrected chi connectivity index (χ1v) is 9.60. The zero-order chi connectivity index (χ0) is 19.4. The maximum atomic E-state index is 13.2. The molecule has 0 radical (unpaired) electrons. The topological polar surface area (TPSA) is 81.0 Å². The lowest BCUT2D eigenvalue weighted by molar-refractivity contribution is -0.187. The van der Waals surface area contributed by atoms with Crippen molar-refractivity contribution in [1.29, 1.82) is 0 Å². The lowest BCUT2D eigenvalue weighted by atomic mass is 10.0. The summed E-state index contributed by atoms with van der Waals surface area (Å²) < 4.78 is 16.6. The predicted molar refractivity (Wildman–Crippen MR) is 101 cm³/mol. The zero-order valence-electron chi connectivity index (χ0n) is 15.6. The van der Waals surface area contributed by atoms with Gasteiger partial charge in [0, 0.05) is 32.4 Å². The maximum absolute atomic E-state index is 13.2. The molecule has 0 bridgehead atoms. The summed E-state index contributed by atoms with van der Waals surface area (Å²) in [6.07, 6.45) is 3.14. The lowest BCUT2D eigenvalue weighted by Crippen LogP contribution is -2.54. The van der Waals surface area contributed by atoms with Gasteiger partial charge in [0.15, 0.2) is 11.5 Å². The Morgan fingerprint density at radius 3 is 2.39 bits per heavy atom. The van der Waals surface area contributed by atoms with E-state index in [1.807, 2.05) is 30.3 Å². The van der Waals surface area contributed by atoms with Gasteiger partial charge in [0.1, 0.15) is 6.04 Å². The second kappa shape index (κ2) is 8.16. The number of amides is 2. The van der Waals surface area contributed by atoms with Crippen molar-refractivity contribution in [2.24, 2.45) is 0 Å². The minimum absolute atomic E-state index is 0.100. The van der Waals surface area contributed by atoms with Gasteiger partial charge in [-0.25, -0.2) is 0 Å². The molecule has 7 heteroatoms. The van der Waals surface area contributed by atoms with Gasteiger partial charge < -0.3 is 24.1 Å². The van der Waals surface area contributed by atoms with E-state index < -0.39 is 17.7 Å². The van der Waals surface area contributed by atoms with E-state index in [0.29, 0.717) is 45.6 Å². The van der Waals surface area contributed by atoms with Gasteiger partial charge in [-0.15, -0.1) is 0 Å². The average molecular weight is 384 g/mol.